The maximum absolute atomic E-state index is 12.4. The van der Waals surface area contributed by atoms with Crippen LogP contribution in [0.25, 0.3) is 0 Å². The van der Waals surface area contributed by atoms with Crippen molar-refractivity contribution in [2.75, 3.05) is 0 Å². The van der Waals surface area contributed by atoms with Crippen molar-refractivity contribution in [2.45, 2.75) is 25.3 Å². The van der Waals surface area contributed by atoms with Gasteiger partial charge in [-0.05, 0) is 18.4 Å². The highest BCUT2D eigenvalue weighted by Crippen LogP contribution is 2.29. The molecule has 0 bridgehead atoms. The van der Waals surface area contributed by atoms with Crippen LogP contribution in [0.15, 0.2) is 54.6 Å². The molecule has 5 heteroatoms. The van der Waals surface area contributed by atoms with Crippen LogP contribution in [0.1, 0.15) is 34.3 Å². The Morgan fingerprint density at radius 2 is 1.56 bits per heavy atom. The molecule has 0 aromatic heterocycles. The third-order valence-electron chi connectivity index (χ3n) is 4.30. The molecule has 1 saturated carbocycles. The van der Waals surface area contributed by atoms with E-state index in [1.54, 1.807) is 36.4 Å². The van der Waals surface area contributed by atoms with Gasteiger partial charge in [0.05, 0.1) is 0 Å². The first-order valence-corrected chi connectivity index (χ1v) is 8.33. The molecule has 3 N–H and O–H groups in total. The third kappa shape index (κ3) is 4.32. The van der Waals surface area contributed by atoms with Crippen LogP contribution >= 0.6 is 0 Å². The van der Waals surface area contributed by atoms with Gasteiger partial charge in [0.15, 0.2) is 5.78 Å². The van der Waals surface area contributed by atoms with Crippen molar-refractivity contribution < 1.29 is 14.4 Å². The number of hydrogen-bond donors (Lipinski definition) is 2. The minimum absolute atomic E-state index is 0.0210. The SMILES string of the molecule is NC(=O)[C@@H](Cc1ccc(C(=O)c2ccccc2)cc1)NC(=O)C1CC1. The molecule has 5 nitrogen and oxygen atoms in total. The number of ketones is 1. The Bertz CT molecular complexity index is 780. The average molecular weight is 336 g/mol. The van der Waals surface area contributed by atoms with Gasteiger partial charge >= 0.3 is 0 Å². The van der Waals surface area contributed by atoms with Crippen molar-refractivity contribution in [2.24, 2.45) is 11.7 Å². The number of amides is 2. The number of carbonyl (C=O) groups is 3. The van der Waals surface area contributed by atoms with Crippen LogP contribution in [-0.4, -0.2) is 23.6 Å². The Hall–Kier alpha value is -2.95. The van der Waals surface area contributed by atoms with E-state index in [9.17, 15) is 14.4 Å². The number of rotatable bonds is 7. The van der Waals surface area contributed by atoms with E-state index in [1.807, 2.05) is 18.2 Å². The molecule has 1 aliphatic carbocycles. The summed E-state index contributed by atoms with van der Waals surface area (Å²) in [5.41, 5.74) is 7.44. The van der Waals surface area contributed by atoms with E-state index in [0.29, 0.717) is 17.5 Å². The number of carbonyl (C=O) groups excluding carboxylic acids is 3. The van der Waals surface area contributed by atoms with Crippen molar-refractivity contribution in [3.63, 3.8) is 0 Å². The molecule has 0 heterocycles. The van der Waals surface area contributed by atoms with Crippen LogP contribution in [0.3, 0.4) is 0 Å². The number of nitrogens with one attached hydrogen (secondary N) is 1. The molecule has 0 unspecified atom stereocenters. The summed E-state index contributed by atoms with van der Waals surface area (Å²) in [6.45, 7) is 0. The zero-order valence-electron chi connectivity index (χ0n) is 13.8. The fraction of sp³-hybridized carbons (Fsp3) is 0.250. The molecular weight excluding hydrogens is 316 g/mol. The van der Waals surface area contributed by atoms with Crippen molar-refractivity contribution in [3.8, 4) is 0 Å². The van der Waals surface area contributed by atoms with Gasteiger partial charge in [-0.2, -0.15) is 0 Å². The van der Waals surface area contributed by atoms with E-state index >= 15 is 0 Å². The van der Waals surface area contributed by atoms with Gasteiger partial charge in [-0.3, -0.25) is 14.4 Å². The summed E-state index contributed by atoms with van der Waals surface area (Å²) in [6.07, 6.45) is 2.05. The molecule has 128 valence electrons. The third-order valence-corrected chi connectivity index (χ3v) is 4.30. The Morgan fingerprint density at radius 1 is 0.960 bits per heavy atom. The van der Waals surface area contributed by atoms with Gasteiger partial charge in [-0.25, -0.2) is 0 Å². The summed E-state index contributed by atoms with van der Waals surface area (Å²) < 4.78 is 0. The lowest BCUT2D eigenvalue weighted by Gasteiger charge is -2.15. The number of hydrogen-bond acceptors (Lipinski definition) is 3. The maximum atomic E-state index is 12.4. The number of nitrogens with two attached hydrogens (primary N) is 1. The van der Waals surface area contributed by atoms with Crippen LogP contribution < -0.4 is 11.1 Å². The highest BCUT2D eigenvalue weighted by molar-refractivity contribution is 6.08. The summed E-state index contributed by atoms with van der Waals surface area (Å²) in [5, 5.41) is 2.71. The quantitative estimate of drug-likeness (QED) is 0.756. The van der Waals surface area contributed by atoms with E-state index < -0.39 is 11.9 Å². The predicted octanol–water partition coefficient (Wildman–Crippen LogP) is 1.84. The minimum Gasteiger partial charge on any atom is -0.368 e. The Kier molecular flexibility index (Phi) is 4.93. The molecule has 0 saturated heterocycles. The van der Waals surface area contributed by atoms with Crippen molar-refractivity contribution in [3.05, 3.63) is 71.3 Å². The molecule has 1 atom stereocenters. The zero-order valence-corrected chi connectivity index (χ0v) is 13.8. The first-order valence-electron chi connectivity index (χ1n) is 8.33. The highest BCUT2D eigenvalue weighted by atomic mass is 16.2. The largest absolute Gasteiger partial charge is 0.368 e. The summed E-state index contributed by atoms with van der Waals surface area (Å²) in [4.78, 5) is 35.8. The fourth-order valence-corrected chi connectivity index (χ4v) is 2.64. The summed E-state index contributed by atoms with van der Waals surface area (Å²) in [6, 6.07) is 15.3. The zero-order chi connectivity index (χ0) is 17.8. The van der Waals surface area contributed by atoms with E-state index in [0.717, 1.165) is 18.4 Å². The van der Waals surface area contributed by atoms with Crippen LogP contribution in [0.5, 0.6) is 0 Å². The standard InChI is InChI=1S/C20H20N2O3/c21-19(24)17(22-20(25)16-10-11-16)12-13-6-8-15(9-7-13)18(23)14-4-2-1-3-5-14/h1-9,16-17H,10-12H2,(H2,21,24)(H,22,25)/t17-/m1/s1. The summed E-state index contributed by atoms with van der Waals surface area (Å²) in [5.74, 6) is -0.702. The van der Waals surface area contributed by atoms with Crippen LogP contribution in [-0.2, 0) is 16.0 Å². The number of benzene rings is 2. The van der Waals surface area contributed by atoms with Gasteiger partial charge in [0.1, 0.15) is 6.04 Å². The second-order valence-corrected chi connectivity index (χ2v) is 6.33. The lowest BCUT2D eigenvalue weighted by atomic mass is 9.99. The van der Waals surface area contributed by atoms with Gasteiger partial charge in [-0.15, -0.1) is 0 Å². The van der Waals surface area contributed by atoms with Gasteiger partial charge in [0.25, 0.3) is 0 Å². The Balaban J connectivity index is 1.67. The first-order chi connectivity index (χ1) is 12.0. The van der Waals surface area contributed by atoms with E-state index in [1.165, 1.54) is 0 Å². The van der Waals surface area contributed by atoms with E-state index in [-0.39, 0.29) is 17.6 Å². The van der Waals surface area contributed by atoms with Gasteiger partial charge < -0.3 is 11.1 Å². The maximum Gasteiger partial charge on any atom is 0.240 e. The molecule has 1 fully saturated rings. The van der Waals surface area contributed by atoms with Gasteiger partial charge in [-0.1, -0.05) is 54.6 Å². The van der Waals surface area contributed by atoms with Crippen LogP contribution in [0.4, 0.5) is 0 Å². The van der Waals surface area contributed by atoms with Crippen LogP contribution in [0.2, 0.25) is 0 Å². The molecule has 2 aromatic carbocycles. The lowest BCUT2D eigenvalue weighted by molar-refractivity contribution is -0.128. The van der Waals surface area contributed by atoms with Crippen molar-refractivity contribution in [1.82, 2.24) is 5.32 Å². The molecule has 0 radical (unpaired) electrons. The predicted molar refractivity (Wildman–Crippen MR) is 93.9 cm³/mol. The molecular formula is C20H20N2O3. The monoisotopic (exact) mass is 336 g/mol. The first kappa shape index (κ1) is 16.9. The van der Waals surface area contributed by atoms with Gasteiger partial charge in [0, 0.05) is 23.5 Å². The molecule has 0 aliphatic heterocycles. The van der Waals surface area contributed by atoms with Gasteiger partial charge in [0.2, 0.25) is 11.8 Å². The smallest absolute Gasteiger partial charge is 0.240 e. The fourth-order valence-electron chi connectivity index (χ4n) is 2.64. The molecule has 25 heavy (non-hydrogen) atoms. The number of primary amides is 1. The minimum atomic E-state index is -0.733. The molecule has 3 rings (SSSR count). The molecule has 2 aromatic rings. The topological polar surface area (TPSA) is 89.3 Å². The highest BCUT2D eigenvalue weighted by Gasteiger charge is 2.32. The molecule has 0 spiro atoms. The Morgan fingerprint density at radius 3 is 2.12 bits per heavy atom. The second-order valence-electron chi connectivity index (χ2n) is 6.33. The summed E-state index contributed by atoms with van der Waals surface area (Å²) >= 11 is 0. The van der Waals surface area contributed by atoms with Crippen molar-refractivity contribution >= 4 is 17.6 Å². The molecule has 1 aliphatic rings. The average Bonchev–Trinajstić information content (AvgIpc) is 3.47. The lowest BCUT2D eigenvalue weighted by Crippen LogP contribution is -2.46. The summed E-state index contributed by atoms with van der Waals surface area (Å²) in [7, 11) is 0. The molecule has 2 amide bonds. The van der Waals surface area contributed by atoms with Crippen LogP contribution in [0, 0.1) is 5.92 Å². The Labute approximate surface area is 146 Å². The second kappa shape index (κ2) is 7.30. The van der Waals surface area contributed by atoms with E-state index in [4.69, 9.17) is 5.73 Å². The van der Waals surface area contributed by atoms with Crippen molar-refractivity contribution in [1.29, 1.82) is 0 Å². The normalized spacial score (nSPS) is 14.6. The van der Waals surface area contributed by atoms with E-state index in [2.05, 4.69) is 5.32 Å².